The van der Waals surface area contributed by atoms with Crippen molar-refractivity contribution in [2.75, 3.05) is 33.3 Å². The van der Waals surface area contributed by atoms with Gasteiger partial charge in [0.15, 0.2) is 0 Å². The zero-order valence-corrected chi connectivity index (χ0v) is 14.2. The van der Waals surface area contributed by atoms with E-state index in [1.807, 2.05) is 0 Å². The smallest absolute Gasteiger partial charge is 0.118 e. The molecule has 0 aliphatic rings. The molecule has 0 aromatic heterocycles. The van der Waals surface area contributed by atoms with Crippen LogP contribution in [0.2, 0.25) is 0 Å². The first-order chi connectivity index (χ1) is 10.1. The van der Waals surface area contributed by atoms with Crippen molar-refractivity contribution in [3.8, 4) is 0 Å². The van der Waals surface area contributed by atoms with Gasteiger partial charge in [-0.05, 0) is 64.9 Å². The van der Waals surface area contributed by atoms with Crippen LogP contribution in [0, 0.1) is 0 Å². The summed E-state index contributed by atoms with van der Waals surface area (Å²) in [5.41, 5.74) is 6.74. The summed E-state index contributed by atoms with van der Waals surface area (Å²) in [5, 5.41) is 0. The Kier molecular flexibility index (Phi) is 13.2. The number of allylic oxidation sites excluding steroid dienone is 4. The van der Waals surface area contributed by atoms with Crippen molar-refractivity contribution in [2.45, 2.75) is 46.0 Å². The van der Waals surface area contributed by atoms with E-state index in [1.165, 1.54) is 18.4 Å². The molecule has 0 saturated heterocycles. The highest BCUT2D eigenvalue weighted by molar-refractivity contribution is 5.23. The predicted molar refractivity (Wildman–Crippen MR) is 93.3 cm³/mol. The molecule has 3 nitrogen and oxygen atoms in total. The number of nitrogens with two attached hydrogens (primary N) is 1. The molecule has 0 aromatic carbocycles. The Morgan fingerprint density at radius 3 is 2.57 bits per heavy atom. The van der Waals surface area contributed by atoms with E-state index in [-0.39, 0.29) is 0 Å². The van der Waals surface area contributed by atoms with Gasteiger partial charge in [-0.3, -0.25) is 0 Å². The first-order valence-corrected chi connectivity index (χ1v) is 8.16. The van der Waals surface area contributed by atoms with Gasteiger partial charge in [0.2, 0.25) is 0 Å². The molecule has 2 N–H and O–H groups in total. The predicted octanol–water partition coefficient (Wildman–Crippen LogP) is 3.88. The van der Waals surface area contributed by atoms with Gasteiger partial charge in [-0.25, -0.2) is 0 Å². The minimum absolute atomic E-state index is 0.736. The Labute approximate surface area is 131 Å². The quantitative estimate of drug-likeness (QED) is 0.318. The van der Waals surface area contributed by atoms with Gasteiger partial charge >= 0.3 is 0 Å². The number of ether oxygens (including phenoxy) is 1. The number of unbranched alkanes of at least 4 members (excludes halogenated alkanes) is 2. The fraction of sp³-hybridized carbons (Fsp3) is 0.667. The molecule has 0 atom stereocenters. The standard InChI is InChI=1S/C18H34N2O/c1-5-7-11-17(3)16-18(6-2)21-15-10-14-20(4)13-9-8-12-19/h6,11,16H,2,5,7-10,12-15,19H2,1,3-4H3/b17-11-,18-16+. The molecule has 0 amide bonds. The second-order valence-corrected chi connectivity index (χ2v) is 5.49. The summed E-state index contributed by atoms with van der Waals surface area (Å²) in [7, 11) is 2.15. The third-order valence-corrected chi connectivity index (χ3v) is 3.27. The summed E-state index contributed by atoms with van der Waals surface area (Å²) in [6.07, 6.45) is 11.7. The number of hydrogen-bond acceptors (Lipinski definition) is 3. The molecule has 0 rings (SSSR count). The van der Waals surface area contributed by atoms with Gasteiger partial charge in [0.1, 0.15) is 5.76 Å². The molecule has 122 valence electrons. The Morgan fingerprint density at radius 2 is 1.95 bits per heavy atom. The van der Waals surface area contributed by atoms with E-state index in [9.17, 15) is 0 Å². The lowest BCUT2D eigenvalue weighted by atomic mass is 10.2. The van der Waals surface area contributed by atoms with Gasteiger partial charge in [0, 0.05) is 6.54 Å². The van der Waals surface area contributed by atoms with Crippen molar-refractivity contribution < 1.29 is 4.74 Å². The summed E-state index contributed by atoms with van der Waals surface area (Å²) in [5.74, 6) is 0.866. The lowest BCUT2D eigenvalue weighted by Gasteiger charge is -2.16. The molecule has 0 aliphatic heterocycles. The molecule has 0 aromatic rings. The van der Waals surface area contributed by atoms with Crippen molar-refractivity contribution in [3.63, 3.8) is 0 Å². The highest BCUT2D eigenvalue weighted by Gasteiger charge is 1.99. The van der Waals surface area contributed by atoms with Crippen LogP contribution in [0.15, 0.2) is 36.1 Å². The van der Waals surface area contributed by atoms with E-state index in [2.05, 4.69) is 44.5 Å². The molecular weight excluding hydrogens is 260 g/mol. The lowest BCUT2D eigenvalue weighted by Crippen LogP contribution is -2.22. The van der Waals surface area contributed by atoms with Crippen LogP contribution < -0.4 is 5.73 Å². The number of hydrogen-bond donors (Lipinski definition) is 1. The van der Waals surface area contributed by atoms with Crippen LogP contribution in [0.3, 0.4) is 0 Å². The molecular formula is C18H34N2O. The third-order valence-electron chi connectivity index (χ3n) is 3.27. The van der Waals surface area contributed by atoms with Crippen LogP contribution in [0.1, 0.15) is 46.0 Å². The Hall–Kier alpha value is -1.06. The SMILES string of the molecule is C=C/C(=C\C(C)=C/CCC)OCCCN(C)CCCCN. The van der Waals surface area contributed by atoms with Crippen molar-refractivity contribution in [1.82, 2.24) is 4.90 Å². The molecule has 0 fully saturated rings. The van der Waals surface area contributed by atoms with Crippen molar-refractivity contribution in [2.24, 2.45) is 5.73 Å². The van der Waals surface area contributed by atoms with Crippen molar-refractivity contribution in [3.05, 3.63) is 36.1 Å². The molecule has 0 unspecified atom stereocenters. The van der Waals surface area contributed by atoms with E-state index in [0.717, 1.165) is 51.3 Å². The van der Waals surface area contributed by atoms with E-state index < -0.39 is 0 Å². The normalized spacial score (nSPS) is 12.8. The minimum Gasteiger partial charge on any atom is -0.494 e. The van der Waals surface area contributed by atoms with Crippen LogP contribution in [0.5, 0.6) is 0 Å². The van der Waals surface area contributed by atoms with Gasteiger partial charge in [-0.2, -0.15) is 0 Å². The van der Waals surface area contributed by atoms with Gasteiger partial charge in [-0.15, -0.1) is 0 Å². The zero-order chi connectivity index (χ0) is 15.9. The molecule has 0 saturated carbocycles. The molecule has 0 radical (unpaired) electrons. The molecule has 21 heavy (non-hydrogen) atoms. The Balaban J connectivity index is 3.91. The molecule has 3 heteroatoms. The van der Waals surface area contributed by atoms with Crippen LogP contribution in [0.25, 0.3) is 0 Å². The summed E-state index contributed by atoms with van der Waals surface area (Å²) in [6.45, 7) is 11.8. The van der Waals surface area contributed by atoms with Crippen LogP contribution in [-0.4, -0.2) is 38.2 Å². The molecule has 0 bridgehead atoms. The van der Waals surface area contributed by atoms with Crippen LogP contribution >= 0.6 is 0 Å². The summed E-state index contributed by atoms with van der Waals surface area (Å²) in [4.78, 5) is 2.34. The third kappa shape index (κ3) is 12.4. The van der Waals surface area contributed by atoms with Crippen molar-refractivity contribution >= 4 is 0 Å². The lowest BCUT2D eigenvalue weighted by molar-refractivity contribution is 0.200. The molecule has 0 spiro atoms. The number of nitrogens with zero attached hydrogens (tertiary/aromatic N) is 1. The maximum Gasteiger partial charge on any atom is 0.118 e. The fourth-order valence-corrected chi connectivity index (χ4v) is 1.98. The average molecular weight is 294 g/mol. The van der Waals surface area contributed by atoms with Gasteiger partial charge in [-0.1, -0.05) is 31.6 Å². The van der Waals surface area contributed by atoms with E-state index in [1.54, 1.807) is 6.08 Å². The van der Waals surface area contributed by atoms with Gasteiger partial charge in [0.25, 0.3) is 0 Å². The fourth-order valence-electron chi connectivity index (χ4n) is 1.98. The minimum atomic E-state index is 0.736. The van der Waals surface area contributed by atoms with E-state index >= 15 is 0 Å². The van der Waals surface area contributed by atoms with E-state index in [4.69, 9.17) is 10.5 Å². The topological polar surface area (TPSA) is 38.5 Å². The monoisotopic (exact) mass is 294 g/mol. The zero-order valence-electron chi connectivity index (χ0n) is 14.2. The van der Waals surface area contributed by atoms with Crippen molar-refractivity contribution in [1.29, 1.82) is 0 Å². The summed E-state index contributed by atoms with van der Waals surface area (Å²) < 4.78 is 5.77. The van der Waals surface area contributed by atoms with Gasteiger partial charge in [0.05, 0.1) is 6.61 Å². The second-order valence-electron chi connectivity index (χ2n) is 5.49. The Bertz CT molecular complexity index is 321. The first-order valence-electron chi connectivity index (χ1n) is 8.16. The van der Waals surface area contributed by atoms with Crippen LogP contribution in [-0.2, 0) is 4.74 Å². The molecule has 0 heterocycles. The maximum atomic E-state index is 5.77. The highest BCUT2D eigenvalue weighted by Crippen LogP contribution is 2.07. The maximum absolute atomic E-state index is 5.77. The highest BCUT2D eigenvalue weighted by atomic mass is 16.5. The largest absolute Gasteiger partial charge is 0.494 e. The Morgan fingerprint density at radius 1 is 1.24 bits per heavy atom. The second kappa shape index (κ2) is 13.9. The number of rotatable bonds is 13. The molecule has 0 aliphatic carbocycles. The summed E-state index contributed by atoms with van der Waals surface area (Å²) in [6, 6.07) is 0. The summed E-state index contributed by atoms with van der Waals surface area (Å²) >= 11 is 0. The first kappa shape index (κ1) is 19.9. The van der Waals surface area contributed by atoms with Gasteiger partial charge < -0.3 is 15.4 Å². The van der Waals surface area contributed by atoms with E-state index in [0.29, 0.717) is 0 Å². The van der Waals surface area contributed by atoms with Crippen LogP contribution in [0.4, 0.5) is 0 Å². The average Bonchev–Trinajstić information content (AvgIpc) is 2.48.